The summed E-state index contributed by atoms with van der Waals surface area (Å²) in [6.07, 6.45) is 31.9. The van der Waals surface area contributed by atoms with E-state index in [0.29, 0.717) is 6.17 Å². The fourth-order valence-electron chi connectivity index (χ4n) is 5.25. The highest BCUT2D eigenvalue weighted by atomic mass is 16.1. The molecule has 0 saturated heterocycles. The number of rotatable bonds is 23. The van der Waals surface area contributed by atoms with Crippen LogP contribution < -0.4 is 5.32 Å². The zero-order chi connectivity index (χ0) is 24.7. The number of allylic oxidation sites excluding steroid dienone is 2. The molecule has 0 bridgehead atoms. The highest BCUT2D eigenvalue weighted by Crippen LogP contribution is 2.24. The first-order valence-electron chi connectivity index (χ1n) is 14.9. The van der Waals surface area contributed by atoms with Crippen molar-refractivity contribution >= 4 is 12.1 Å². The topological polar surface area (TPSA) is 41.5 Å². The fourth-order valence-corrected chi connectivity index (χ4v) is 5.25. The van der Waals surface area contributed by atoms with Crippen LogP contribution in [0.15, 0.2) is 17.1 Å². The lowest BCUT2D eigenvalue weighted by Gasteiger charge is -2.38. The third-order valence-electron chi connectivity index (χ3n) is 7.62. The van der Waals surface area contributed by atoms with E-state index in [2.05, 4.69) is 37.5 Å². The Labute approximate surface area is 212 Å². The molecule has 0 spiro atoms. The van der Waals surface area contributed by atoms with Crippen molar-refractivity contribution in [2.45, 2.75) is 143 Å². The van der Waals surface area contributed by atoms with Crippen molar-refractivity contribution in [3.8, 4) is 0 Å². The van der Waals surface area contributed by atoms with E-state index in [1.807, 2.05) is 0 Å². The number of likely N-dealkylation sites (N-methyl/N-ethyl adjacent to an activating group) is 1. The van der Waals surface area contributed by atoms with Gasteiger partial charge in [0, 0.05) is 13.3 Å². The molecule has 0 aliphatic carbocycles. The molecule has 0 radical (unpaired) electrons. The van der Waals surface area contributed by atoms with E-state index in [-0.39, 0.29) is 5.91 Å². The summed E-state index contributed by atoms with van der Waals surface area (Å²) in [4.78, 5) is 16.0. The number of carbonyl (C=O) groups excluding carboxylic acids is 1. The first kappa shape index (κ1) is 30.9. The van der Waals surface area contributed by atoms with Gasteiger partial charge in [-0.25, -0.2) is 4.99 Å². The molecule has 1 aliphatic heterocycles. The monoisotopic (exact) mass is 476 g/mol. The van der Waals surface area contributed by atoms with Crippen LogP contribution in [-0.4, -0.2) is 48.9 Å². The minimum atomic E-state index is 0.0720. The molecule has 0 aromatic carbocycles. The molecule has 1 heterocycles. The van der Waals surface area contributed by atoms with Crippen molar-refractivity contribution < 1.29 is 9.28 Å². The van der Waals surface area contributed by atoms with Gasteiger partial charge in [-0.3, -0.25) is 9.28 Å². The summed E-state index contributed by atoms with van der Waals surface area (Å²) in [5.74, 6) is 0.0720. The Morgan fingerprint density at radius 2 is 1.38 bits per heavy atom. The highest BCUT2D eigenvalue weighted by Gasteiger charge is 2.37. The maximum Gasteiger partial charge on any atom is 0.217 e. The average molecular weight is 477 g/mol. The van der Waals surface area contributed by atoms with Crippen LogP contribution in [0.3, 0.4) is 0 Å². The second-order valence-corrected chi connectivity index (χ2v) is 10.5. The van der Waals surface area contributed by atoms with E-state index in [9.17, 15) is 4.79 Å². The number of aliphatic imine (C=N–C) groups is 1. The Hall–Kier alpha value is -1.16. The maximum absolute atomic E-state index is 11.2. The van der Waals surface area contributed by atoms with Crippen molar-refractivity contribution in [3.05, 3.63) is 12.2 Å². The Morgan fingerprint density at radius 1 is 0.853 bits per heavy atom. The predicted molar refractivity (Wildman–Crippen MR) is 149 cm³/mol. The third-order valence-corrected chi connectivity index (χ3v) is 7.62. The Morgan fingerprint density at radius 3 is 1.91 bits per heavy atom. The van der Waals surface area contributed by atoms with Crippen LogP contribution in [0.4, 0.5) is 0 Å². The zero-order valence-corrected chi connectivity index (χ0v) is 23.2. The molecule has 0 fully saturated rings. The first-order valence-corrected chi connectivity index (χ1v) is 14.9. The molecule has 2 atom stereocenters. The quantitative estimate of drug-likeness (QED) is 0.0906. The van der Waals surface area contributed by atoms with E-state index < -0.39 is 0 Å². The summed E-state index contributed by atoms with van der Waals surface area (Å²) in [7, 11) is 0. The van der Waals surface area contributed by atoms with Gasteiger partial charge in [-0.15, -0.1) is 0 Å². The average Bonchev–Trinajstić information content (AvgIpc) is 3.23. The van der Waals surface area contributed by atoms with Crippen molar-refractivity contribution in [2.24, 2.45) is 4.99 Å². The van der Waals surface area contributed by atoms with Gasteiger partial charge in [0.15, 0.2) is 6.17 Å². The molecule has 198 valence electrons. The van der Waals surface area contributed by atoms with Crippen LogP contribution in [0.1, 0.15) is 136 Å². The van der Waals surface area contributed by atoms with Gasteiger partial charge in [0.25, 0.3) is 0 Å². The largest absolute Gasteiger partial charge is 0.351 e. The van der Waals surface area contributed by atoms with Gasteiger partial charge < -0.3 is 5.32 Å². The molecule has 2 unspecified atom stereocenters. The van der Waals surface area contributed by atoms with Gasteiger partial charge >= 0.3 is 0 Å². The molecule has 4 heteroatoms. The number of quaternary nitrogens is 1. The zero-order valence-electron chi connectivity index (χ0n) is 23.2. The van der Waals surface area contributed by atoms with Crippen molar-refractivity contribution in [3.63, 3.8) is 0 Å². The van der Waals surface area contributed by atoms with Crippen LogP contribution in [0.25, 0.3) is 0 Å². The van der Waals surface area contributed by atoms with Gasteiger partial charge in [0.05, 0.1) is 25.8 Å². The number of nitrogens with one attached hydrogen (secondary N) is 1. The molecule has 1 rings (SSSR count). The molecular weight excluding hydrogens is 418 g/mol. The smallest absolute Gasteiger partial charge is 0.217 e. The number of hydrogen-bond acceptors (Lipinski definition) is 2. The molecular formula is C30H58N3O+. The van der Waals surface area contributed by atoms with E-state index in [1.165, 1.54) is 116 Å². The predicted octanol–water partition coefficient (Wildman–Crippen LogP) is 7.97. The molecule has 0 saturated carbocycles. The van der Waals surface area contributed by atoms with Gasteiger partial charge in [0.1, 0.15) is 6.54 Å². The summed E-state index contributed by atoms with van der Waals surface area (Å²) in [6.45, 7) is 10.0. The number of amides is 1. The summed E-state index contributed by atoms with van der Waals surface area (Å²) >= 11 is 0. The van der Waals surface area contributed by atoms with E-state index in [0.717, 1.165) is 30.7 Å². The van der Waals surface area contributed by atoms with E-state index in [4.69, 9.17) is 4.99 Å². The van der Waals surface area contributed by atoms with Gasteiger partial charge in [-0.05, 0) is 32.6 Å². The summed E-state index contributed by atoms with van der Waals surface area (Å²) in [6, 6.07) is 0. The molecule has 4 nitrogen and oxygen atoms in total. The Bertz CT molecular complexity index is 545. The SMILES string of the molecule is CCC/C=C/CCCCCCCCCCCCCCCCC1N=CC[N+]1(CC)CCNC(C)=O. The number of hydrogen-bond donors (Lipinski definition) is 1. The highest BCUT2D eigenvalue weighted by molar-refractivity contribution is 5.72. The van der Waals surface area contributed by atoms with Gasteiger partial charge in [0.2, 0.25) is 5.91 Å². The molecule has 1 amide bonds. The molecule has 0 aromatic rings. The van der Waals surface area contributed by atoms with Crippen molar-refractivity contribution in [2.75, 3.05) is 26.2 Å². The standard InChI is InChI=1S/C30H57N3O/c1-4-6-7-8-9-10-11-12-13-14-15-16-17-18-19-20-21-22-23-24-30-32-26-28-33(30,5-2)27-25-31-29(3)34/h7-8,26,30H,4-6,9-25,27-28H2,1-3H3/p+1/b8-7+. The Balaban J connectivity index is 1.89. The lowest BCUT2D eigenvalue weighted by molar-refractivity contribution is -0.935. The van der Waals surface area contributed by atoms with E-state index >= 15 is 0 Å². The van der Waals surface area contributed by atoms with Crippen molar-refractivity contribution in [1.82, 2.24) is 5.32 Å². The lowest BCUT2D eigenvalue weighted by Crippen LogP contribution is -2.55. The van der Waals surface area contributed by atoms with Crippen LogP contribution in [0.5, 0.6) is 0 Å². The van der Waals surface area contributed by atoms with Crippen LogP contribution in [0.2, 0.25) is 0 Å². The van der Waals surface area contributed by atoms with Crippen LogP contribution >= 0.6 is 0 Å². The molecule has 1 aliphatic rings. The first-order chi connectivity index (χ1) is 16.6. The molecule has 0 aromatic heterocycles. The second-order valence-electron chi connectivity index (χ2n) is 10.5. The third kappa shape index (κ3) is 15.0. The van der Waals surface area contributed by atoms with Gasteiger partial charge in [-0.1, -0.05) is 103 Å². The number of carbonyl (C=O) groups is 1. The summed E-state index contributed by atoms with van der Waals surface area (Å²) in [5.41, 5.74) is 0. The second kappa shape index (κ2) is 21.1. The number of unbranched alkanes of at least 4 members (excludes halogenated alkanes) is 15. The maximum atomic E-state index is 11.2. The van der Waals surface area contributed by atoms with E-state index in [1.54, 1.807) is 6.92 Å². The summed E-state index contributed by atoms with van der Waals surface area (Å²) < 4.78 is 1.02. The Kier molecular flexibility index (Phi) is 19.2. The van der Waals surface area contributed by atoms with Gasteiger partial charge in [-0.2, -0.15) is 0 Å². The lowest BCUT2D eigenvalue weighted by atomic mass is 10.0. The molecule has 34 heavy (non-hydrogen) atoms. The van der Waals surface area contributed by atoms with Crippen LogP contribution in [-0.2, 0) is 4.79 Å². The number of nitrogens with zero attached hydrogens (tertiary/aromatic N) is 2. The normalized spacial score (nSPS) is 19.9. The minimum absolute atomic E-state index is 0.0720. The minimum Gasteiger partial charge on any atom is -0.351 e. The fraction of sp³-hybridized carbons (Fsp3) is 0.867. The van der Waals surface area contributed by atoms with Crippen molar-refractivity contribution in [1.29, 1.82) is 0 Å². The summed E-state index contributed by atoms with van der Waals surface area (Å²) in [5, 5.41) is 2.97. The molecule has 1 N–H and O–H groups in total. The van der Waals surface area contributed by atoms with Crippen LogP contribution in [0, 0.1) is 0 Å².